The van der Waals surface area contributed by atoms with E-state index >= 15 is 0 Å². The summed E-state index contributed by atoms with van der Waals surface area (Å²) in [5.41, 5.74) is 0.916. The first-order valence-corrected chi connectivity index (χ1v) is 11.7. The van der Waals surface area contributed by atoms with Crippen molar-refractivity contribution in [1.29, 1.82) is 0 Å². The van der Waals surface area contributed by atoms with Gasteiger partial charge in [0.15, 0.2) is 0 Å². The minimum atomic E-state index is -1.06. The predicted octanol–water partition coefficient (Wildman–Crippen LogP) is 0.454. The minimum Gasteiger partial charge on any atom is -0.506 e. The molecule has 3 amide bonds. The van der Waals surface area contributed by atoms with Crippen LogP contribution in [-0.4, -0.2) is 65.9 Å². The monoisotopic (exact) mass is 495 g/mol. The number of nitrogens with one attached hydrogen (secondary N) is 3. The van der Waals surface area contributed by atoms with E-state index in [1.54, 1.807) is 0 Å². The molecule has 3 rings (SSSR count). The maximum absolute atomic E-state index is 13.4. The van der Waals surface area contributed by atoms with Crippen LogP contribution in [0.3, 0.4) is 0 Å². The molecule has 0 radical (unpaired) electrons. The number of carbonyl (C=O) groups is 4. The number of nitrogens with zero attached hydrogens (tertiary/aromatic N) is 2. The van der Waals surface area contributed by atoms with Gasteiger partial charge in [-0.15, -0.1) is 0 Å². The van der Waals surface area contributed by atoms with E-state index in [-0.39, 0.29) is 30.4 Å². The average molecular weight is 495 g/mol. The van der Waals surface area contributed by atoms with Gasteiger partial charge >= 0.3 is 13.1 Å². The summed E-state index contributed by atoms with van der Waals surface area (Å²) in [7, 11) is 0.399. The second-order valence-electron chi connectivity index (χ2n) is 8.86. The first kappa shape index (κ1) is 26.8. The molecule has 0 saturated carbocycles. The van der Waals surface area contributed by atoms with Crippen molar-refractivity contribution in [3.8, 4) is 0 Å². The summed E-state index contributed by atoms with van der Waals surface area (Å²) < 4.78 is 11.1. The molecule has 1 aromatic heterocycles. The van der Waals surface area contributed by atoms with Crippen molar-refractivity contribution in [3.63, 3.8) is 0 Å². The van der Waals surface area contributed by atoms with Crippen molar-refractivity contribution in [2.45, 2.75) is 51.2 Å². The van der Waals surface area contributed by atoms with E-state index in [2.05, 4.69) is 25.9 Å². The first-order valence-electron chi connectivity index (χ1n) is 11.7. The lowest BCUT2D eigenvalue weighted by Gasteiger charge is -2.25. The van der Waals surface area contributed by atoms with Crippen molar-refractivity contribution >= 4 is 30.8 Å². The fourth-order valence-corrected chi connectivity index (χ4v) is 3.75. The van der Waals surface area contributed by atoms with Crippen molar-refractivity contribution in [2.24, 2.45) is 5.92 Å². The van der Waals surface area contributed by atoms with Crippen LogP contribution in [0.5, 0.6) is 0 Å². The summed E-state index contributed by atoms with van der Waals surface area (Å²) in [6, 6.07) is 8.30. The Labute approximate surface area is 209 Å². The zero-order valence-electron chi connectivity index (χ0n) is 20.5. The summed E-state index contributed by atoms with van der Waals surface area (Å²) in [5, 5.41) is 8.05. The molecule has 1 aromatic carbocycles. The number of hydrogen-bond donors (Lipinski definition) is 3. The van der Waals surface area contributed by atoms with E-state index in [0.29, 0.717) is 6.42 Å². The number of hydrogen-bond acceptors (Lipinski definition) is 8. The second kappa shape index (κ2) is 12.8. The number of amides is 3. The summed E-state index contributed by atoms with van der Waals surface area (Å²) >= 11 is 0. The highest BCUT2D eigenvalue weighted by Crippen LogP contribution is 2.20. The fourth-order valence-electron chi connectivity index (χ4n) is 3.75. The molecular weight excluding hydrogens is 465 g/mol. The van der Waals surface area contributed by atoms with Gasteiger partial charge in [0.05, 0.1) is 18.6 Å². The summed E-state index contributed by atoms with van der Waals surface area (Å²) in [6.45, 7) is 3.91. The van der Waals surface area contributed by atoms with Gasteiger partial charge in [0.25, 0.3) is 5.91 Å². The molecule has 2 heterocycles. The molecule has 0 bridgehead atoms. The van der Waals surface area contributed by atoms with E-state index in [4.69, 9.17) is 9.31 Å². The third-order valence-corrected chi connectivity index (χ3v) is 5.53. The van der Waals surface area contributed by atoms with Gasteiger partial charge in [-0.2, -0.15) is 0 Å². The third-order valence-electron chi connectivity index (χ3n) is 5.53. The maximum atomic E-state index is 13.4. The van der Waals surface area contributed by atoms with E-state index in [0.717, 1.165) is 5.56 Å². The predicted molar refractivity (Wildman–Crippen MR) is 130 cm³/mol. The molecular formula is C24H30BN5O6. The molecule has 36 heavy (non-hydrogen) atoms. The number of benzene rings is 1. The lowest BCUT2D eigenvalue weighted by molar-refractivity contribution is -0.138. The van der Waals surface area contributed by atoms with Crippen LogP contribution in [0.1, 0.15) is 42.7 Å². The lowest BCUT2D eigenvalue weighted by atomic mass is 9.74. The van der Waals surface area contributed by atoms with Crippen molar-refractivity contribution < 1.29 is 28.5 Å². The zero-order chi connectivity index (χ0) is 26.1. The zero-order valence-corrected chi connectivity index (χ0v) is 20.5. The van der Waals surface area contributed by atoms with Gasteiger partial charge in [0.1, 0.15) is 17.8 Å². The molecule has 1 aliphatic heterocycles. The molecule has 1 aliphatic rings. The molecule has 3 N–H and O–H groups in total. The Hall–Kier alpha value is -3.80. The molecule has 190 valence electrons. The highest BCUT2D eigenvalue weighted by atomic mass is 16.7. The molecule has 0 spiro atoms. The standard InChI is InChI=1S/C24H30BN5O6/c1-15(2)11-20(25-35-19(24(34)36-25)13-21(31)26-3)30-22(32)17(12-16-7-5-4-6-8-16)29-23(33)18-14-27-9-10-28-18/h4-10,14-15,17,19-20H,11-13H2,1-3H3,(H,26,31)(H,29,33)(H,30,32)/t17?,19?,20-/m0/s1. The van der Waals surface area contributed by atoms with Crippen LogP contribution >= 0.6 is 0 Å². The number of rotatable bonds is 11. The molecule has 3 atom stereocenters. The highest BCUT2D eigenvalue weighted by Gasteiger charge is 2.47. The number of aromatic nitrogens is 2. The topological polar surface area (TPSA) is 149 Å². The molecule has 0 aliphatic carbocycles. The second-order valence-corrected chi connectivity index (χ2v) is 8.86. The van der Waals surface area contributed by atoms with Crippen LogP contribution in [0.25, 0.3) is 0 Å². The van der Waals surface area contributed by atoms with Gasteiger partial charge < -0.3 is 25.3 Å². The maximum Gasteiger partial charge on any atom is 0.552 e. The van der Waals surface area contributed by atoms with Gasteiger partial charge in [-0.1, -0.05) is 44.2 Å². The molecule has 1 saturated heterocycles. The lowest BCUT2D eigenvalue weighted by Crippen LogP contribution is -2.55. The molecule has 2 unspecified atom stereocenters. The third kappa shape index (κ3) is 7.60. The van der Waals surface area contributed by atoms with E-state index < -0.39 is 43.0 Å². The fraction of sp³-hybridized carbons (Fsp3) is 0.417. The van der Waals surface area contributed by atoms with Gasteiger partial charge in [-0.05, 0) is 17.9 Å². The Morgan fingerprint density at radius 2 is 1.86 bits per heavy atom. The van der Waals surface area contributed by atoms with Crippen molar-refractivity contribution in [1.82, 2.24) is 25.9 Å². The van der Waals surface area contributed by atoms with Gasteiger partial charge in [0.2, 0.25) is 11.8 Å². The van der Waals surface area contributed by atoms with Crippen LogP contribution in [0, 0.1) is 5.92 Å². The van der Waals surface area contributed by atoms with E-state index in [1.165, 1.54) is 25.6 Å². The van der Waals surface area contributed by atoms with Crippen LogP contribution in [0.15, 0.2) is 48.9 Å². The van der Waals surface area contributed by atoms with Crippen molar-refractivity contribution in [2.75, 3.05) is 7.05 Å². The average Bonchev–Trinajstić information content (AvgIpc) is 3.23. The Morgan fingerprint density at radius 1 is 1.11 bits per heavy atom. The highest BCUT2D eigenvalue weighted by molar-refractivity contribution is 6.51. The van der Waals surface area contributed by atoms with Crippen LogP contribution in [0.2, 0.25) is 0 Å². The van der Waals surface area contributed by atoms with Crippen LogP contribution in [0.4, 0.5) is 0 Å². The molecule has 2 aromatic rings. The van der Waals surface area contributed by atoms with Crippen LogP contribution < -0.4 is 16.0 Å². The van der Waals surface area contributed by atoms with E-state index in [9.17, 15) is 19.2 Å². The Bertz CT molecular complexity index is 1060. The normalized spacial score (nSPS) is 16.7. The first-order chi connectivity index (χ1) is 17.3. The SMILES string of the molecule is CNC(=O)CC1OB([C@H](CC(C)C)NC(=O)C(Cc2ccccc2)NC(=O)c2cnccn2)OC1=O. The van der Waals surface area contributed by atoms with Crippen LogP contribution in [-0.2, 0) is 30.1 Å². The van der Waals surface area contributed by atoms with Gasteiger partial charge in [-0.25, -0.2) is 4.98 Å². The quantitative estimate of drug-likeness (QED) is 0.381. The summed E-state index contributed by atoms with van der Waals surface area (Å²) in [6.07, 6.45) is 3.57. The molecule has 12 heteroatoms. The number of carbonyl (C=O) groups excluding carboxylic acids is 4. The van der Waals surface area contributed by atoms with Gasteiger partial charge in [0, 0.05) is 25.9 Å². The van der Waals surface area contributed by atoms with E-state index in [1.807, 2.05) is 44.2 Å². The molecule has 1 fully saturated rings. The largest absolute Gasteiger partial charge is 0.552 e. The molecule has 11 nitrogen and oxygen atoms in total. The smallest absolute Gasteiger partial charge is 0.506 e. The minimum absolute atomic E-state index is 0.0761. The Kier molecular flexibility index (Phi) is 9.51. The summed E-state index contributed by atoms with van der Waals surface area (Å²) in [5.74, 6) is -2.62. The Morgan fingerprint density at radius 3 is 2.50 bits per heavy atom. The Balaban J connectivity index is 1.76. The summed E-state index contributed by atoms with van der Waals surface area (Å²) in [4.78, 5) is 58.1. The van der Waals surface area contributed by atoms with Crippen molar-refractivity contribution in [3.05, 3.63) is 60.2 Å². The van der Waals surface area contributed by atoms with Gasteiger partial charge in [-0.3, -0.25) is 24.2 Å².